The summed E-state index contributed by atoms with van der Waals surface area (Å²) in [4.78, 5) is 29.8. The van der Waals surface area contributed by atoms with Crippen LogP contribution in [0.5, 0.6) is 0 Å². The zero-order valence-corrected chi connectivity index (χ0v) is 21.3. The van der Waals surface area contributed by atoms with Gasteiger partial charge in [0.25, 0.3) is 0 Å². The zero-order chi connectivity index (χ0) is 25.6. The van der Waals surface area contributed by atoms with Gasteiger partial charge in [0.1, 0.15) is 6.54 Å². The summed E-state index contributed by atoms with van der Waals surface area (Å²) < 4.78 is 7.16. The number of hydrogen-bond acceptors (Lipinski definition) is 5. The molecule has 6 nitrogen and oxygen atoms in total. The molecule has 0 bridgehead atoms. The third kappa shape index (κ3) is 5.75. The maximum Gasteiger partial charge on any atom is 0.325 e. The van der Waals surface area contributed by atoms with Crippen molar-refractivity contribution in [2.45, 2.75) is 19.9 Å². The van der Waals surface area contributed by atoms with Crippen LogP contribution in [-0.2, 0) is 22.5 Å². The first-order chi connectivity index (χ1) is 18.1. The predicted molar refractivity (Wildman–Crippen MR) is 147 cm³/mol. The van der Waals surface area contributed by atoms with Crippen molar-refractivity contribution in [3.05, 3.63) is 102 Å². The second-order valence-corrected chi connectivity index (χ2v) is 9.43. The zero-order valence-electron chi connectivity index (χ0n) is 21.3. The summed E-state index contributed by atoms with van der Waals surface area (Å²) in [7, 11) is 0. The molecule has 1 aliphatic heterocycles. The fraction of sp³-hybridized carbons (Fsp3) is 0.290. The number of rotatable bonds is 9. The molecule has 0 spiro atoms. The van der Waals surface area contributed by atoms with Gasteiger partial charge in [0, 0.05) is 66.6 Å². The van der Waals surface area contributed by atoms with E-state index < -0.39 is 0 Å². The van der Waals surface area contributed by atoms with Crippen LogP contribution in [0.1, 0.15) is 28.4 Å². The van der Waals surface area contributed by atoms with Crippen LogP contribution >= 0.6 is 0 Å². The topological polar surface area (TPSA) is 54.8 Å². The van der Waals surface area contributed by atoms with Crippen molar-refractivity contribution in [3.8, 4) is 0 Å². The van der Waals surface area contributed by atoms with Crippen LogP contribution in [-0.4, -0.2) is 60.6 Å². The van der Waals surface area contributed by atoms with Gasteiger partial charge in [0.2, 0.25) is 0 Å². The molecule has 5 rings (SSSR count). The lowest BCUT2D eigenvalue weighted by Crippen LogP contribution is -2.47. The molecule has 0 N–H and O–H groups in total. The van der Waals surface area contributed by atoms with E-state index in [0.29, 0.717) is 12.2 Å². The fourth-order valence-corrected chi connectivity index (χ4v) is 5.11. The second kappa shape index (κ2) is 11.4. The number of esters is 1. The molecule has 0 amide bonds. The van der Waals surface area contributed by atoms with Crippen LogP contribution in [0.2, 0.25) is 0 Å². The minimum Gasteiger partial charge on any atom is -0.465 e. The van der Waals surface area contributed by atoms with Gasteiger partial charge in [-0.3, -0.25) is 14.5 Å². The molecule has 4 aromatic rings. The molecule has 0 radical (unpaired) electrons. The van der Waals surface area contributed by atoms with Gasteiger partial charge in [0.15, 0.2) is 5.78 Å². The van der Waals surface area contributed by atoms with E-state index in [4.69, 9.17) is 4.74 Å². The molecular formula is C31H33N3O3. The highest BCUT2D eigenvalue weighted by Gasteiger charge is 2.19. The lowest BCUT2D eigenvalue weighted by Gasteiger charge is -2.36. The number of piperazine rings is 1. The Balaban J connectivity index is 1.19. The molecule has 37 heavy (non-hydrogen) atoms. The van der Waals surface area contributed by atoms with E-state index in [-0.39, 0.29) is 18.3 Å². The van der Waals surface area contributed by atoms with Gasteiger partial charge in [-0.1, -0.05) is 60.7 Å². The quantitative estimate of drug-likeness (QED) is 0.247. The van der Waals surface area contributed by atoms with Gasteiger partial charge >= 0.3 is 5.97 Å². The molecule has 1 aliphatic rings. The number of aromatic nitrogens is 1. The van der Waals surface area contributed by atoms with Crippen molar-refractivity contribution in [2.75, 3.05) is 44.2 Å². The van der Waals surface area contributed by atoms with Crippen LogP contribution in [0, 0.1) is 0 Å². The Morgan fingerprint density at radius 1 is 0.838 bits per heavy atom. The second-order valence-electron chi connectivity index (χ2n) is 9.43. The Hall–Kier alpha value is -3.90. The molecular weight excluding hydrogens is 462 g/mol. The molecule has 0 atom stereocenters. The molecule has 0 aliphatic carbocycles. The maximum absolute atomic E-state index is 12.9. The summed E-state index contributed by atoms with van der Waals surface area (Å²) in [6.45, 7) is 7.22. The van der Waals surface area contributed by atoms with Crippen LogP contribution < -0.4 is 4.90 Å². The Bertz CT molecular complexity index is 1370. The number of nitrogens with zero attached hydrogens (tertiary/aromatic N) is 3. The van der Waals surface area contributed by atoms with Crippen LogP contribution in [0.4, 0.5) is 5.69 Å². The Morgan fingerprint density at radius 3 is 2.35 bits per heavy atom. The van der Waals surface area contributed by atoms with Crippen molar-refractivity contribution in [1.82, 2.24) is 9.47 Å². The molecule has 2 heterocycles. The van der Waals surface area contributed by atoms with Crippen molar-refractivity contribution >= 4 is 28.3 Å². The van der Waals surface area contributed by atoms with Crippen LogP contribution in [0.3, 0.4) is 0 Å². The third-order valence-electron chi connectivity index (χ3n) is 7.06. The third-order valence-corrected chi connectivity index (χ3v) is 7.06. The highest BCUT2D eigenvalue weighted by Crippen LogP contribution is 2.24. The average Bonchev–Trinajstić information content (AvgIpc) is 3.29. The first-order valence-corrected chi connectivity index (χ1v) is 13.0. The number of ether oxygens (including phenoxy) is 1. The highest BCUT2D eigenvalue weighted by molar-refractivity contribution is 6.09. The normalized spacial score (nSPS) is 14.1. The summed E-state index contributed by atoms with van der Waals surface area (Å²) in [6, 6.07) is 25.7. The van der Waals surface area contributed by atoms with Crippen LogP contribution in [0.15, 0.2) is 85.1 Å². The molecule has 3 aromatic carbocycles. The minimum atomic E-state index is -0.208. The number of carbonyl (C=O) groups excluding carboxylic acids is 2. The first-order valence-electron chi connectivity index (χ1n) is 13.0. The number of hydrogen-bond donors (Lipinski definition) is 0. The van der Waals surface area contributed by atoms with E-state index in [1.54, 1.807) is 0 Å². The Kier molecular flexibility index (Phi) is 7.66. The summed E-state index contributed by atoms with van der Waals surface area (Å²) >= 11 is 0. The Morgan fingerprint density at radius 2 is 1.57 bits per heavy atom. The molecule has 1 saturated heterocycles. The lowest BCUT2D eigenvalue weighted by molar-refractivity contribution is -0.143. The summed E-state index contributed by atoms with van der Waals surface area (Å²) in [5.74, 6) is -0.149. The maximum atomic E-state index is 12.9. The van der Waals surface area contributed by atoms with E-state index in [0.717, 1.165) is 55.9 Å². The number of anilines is 1. The van der Waals surface area contributed by atoms with E-state index >= 15 is 0 Å². The molecule has 1 fully saturated rings. The van der Waals surface area contributed by atoms with Crippen molar-refractivity contribution in [3.63, 3.8) is 0 Å². The number of para-hydroxylation sites is 1. The van der Waals surface area contributed by atoms with Gasteiger partial charge in [-0.15, -0.1) is 0 Å². The first kappa shape index (κ1) is 24.8. The number of ketones is 1. The highest BCUT2D eigenvalue weighted by atomic mass is 16.5. The van der Waals surface area contributed by atoms with Gasteiger partial charge in [0.05, 0.1) is 6.61 Å². The van der Waals surface area contributed by atoms with Crippen molar-refractivity contribution < 1.29 is 14.3 Å². The molecule has 0 unspecified atom stereocenters. The smallest absolute Gasteiger partial charge is 0.325 e. The monoisotopic (exact) mass is 495 g/mol. The summed E-state index contributed by atoms with van der Waals surface area (Å²) in [5.41, 5.74) is 4.87. The van der Waals surface area contributed by atoms with Gasteiger partial charge in [-0.25, -0.2) is 0 Å². The number of carbonyl (C=O) groups is 2. The van der Waals surface area contributed by atoms with E-state index in [1.165, 1.54) is 10.9 Å². The molecule has 0 saturated carbocycles. The van der Waals surface area contributed by atoms with E-state index in [2.05, 4.69) is 40.3 Å². The van der Waals surface area contributed by atoms with Crippen molar-refractivity contribution in [1.29, 1.82) is 0 Å². The molecule has 6 heteroatoms. The van der Waals surface area contributed by atoms with Gasteiger partial charge in [-0.2, -0.15) is 0 Å². The minimum absolute atomic E-state index is 0.0585. The molecule has 1 aromatic heterocycles. The van der Waals surface area contributed by atoms with Gasteiger partial charge < -0.3 is 14.2 Å². The summed E-state index contributed by atoms with van der Waals surface area (Å²) in [6.07, 6.45) is 3.03. The number of fused-ring (bicyclic) bond motifs is 1. The SMILES string of the molecule is CCOC(=O)Cn1cc(CCN2CCN(c3cccc(C(=O)c4ccccc4)c3)CC2)c2ccccc21. The van der Waals surface area contributed by atoms with Gasteiger partial charge in [-0.05, 0) is 37.1 Å². The number of benzene rings is 3. The molecule has 190 valence electrons. The predicted octanol–water partition coefficient (Wildman–Crippen LogP) is 4.80. The average molecular weight is 496 g/mol. The Labute approximate surface area is 218 Å². The largest absolute Gasteiger partial charge is 0.465 e. The van der Waals surface area contributed by atoms with Crippen LogP contribution in [0.25, 0.3) is 10.9 Å². The summed E-state index contributed by atoms with van der Waals surface area (Å²) in [5, 5.41) is 1.20. The van der Waals surface area contributed by atoms with E-state index in [1.807, 2.05) is 66.1 Å². The standard InChI is InChI=1S/C31H33N3O3/c1-2-37-30(35)23-34-22-26(28-13-6-7-14-29(28)34)15-16-32-17-19-33(20-18-32)27-12-8-11-25(21-27)31(36)24-9-4-3-5-10-24/h3-14,21-22H,2,15-20,23H2,1H3. The van der Waals surface area contributed by atoms with Crippen molar-refractivity contribution in [2.24, 2.45) is 0 Å². The van der Waals surface area contributed by atoms with E-state index in [9.17, 15) is 9.59 Å². The lowest BCUT2D eigenvalue weighted by atomic mass is 10.0. The fourth-order valence-electron chi connectivity index (χ4n) is 5.11.